The lowest BCUT2D eigenvalue weighted by Gasteiger charge is -2.47. The van der Waals surface area contributed by atoms with Crippen molar-refractivity contribution in [2.45, 2.75) is 64.0 Å². The number of hydrogen-bond acceptors (Lipinski definition) is 5. The number of benzene rings is 1. The maximum Gasteiger partial charge on any atom is 0.241 e. The van der Waals surface area contributed by atoms with Crippen LogP contribution in [-0.4, -0.2) is 49.0 Å². The van der Waals surface area contributed by atoms with E-state index in [0.29, 0.717) is 50.8 Å². The number of fused-ring (bicyclic) bond motifs is 2. The largest absolute Gasteiger partial charge is 0.350 e. The van der Waals surface area contributed by atoms with Crippen molar-refractivity contribution in [2.75, 3.05) is 18.7 Å². The lowest BCUT2D eigenvalue weighted by Crippen LogP contribution is -2.38. The van der Waals surface area contributed by atoms with Gasteiger partial charge in [-0.3, -0.25) is 0 Å². The zero-order chi connectivity index (χ0) is 24.2. The minimum atomic E-state index is -1.07. The molecule has 7 nitrogen and oxygen atoms in total. The number of alkyl halides is 2. The number of nitrogens with zero attached hydrogens (tertiary/aromatic N) is 6. The van der Waals surface area contributed by atoms with Crippen LogP contribution in [-0.2, 0) is 0 Å². The second kappa shape index (κ2) is 8.49. The van der Waals surface area contributed by atoms with E-state index in [2.05, 4.69) is 25.7 Å². The van der Waals surface area contributed by atoms with Gasteiger partial charge < -0.3 is 5.32 Å². The van der Waals surface area contributed by atoms with Gasteiger partial charge in [0.2, 0.25) is 5.95 Å². The summed E-state index contributed by atoms with van der Waals surface area (Å²) in [6, 6.07) is 4.32. The van der Waals surface area contributed by atoms with E-state index in [1.54, 1.807) is 18.2 Å². The summed E-state index contributed by atoms with van der Waals surface area (Å²) < 4.78 is 44.6. The van der Waals surface area contributed by atoms with Crippen LogP contribution in [0.25, 0.3) is 27.7 Å². The standard InChI is InChI=1S/C25H28F3N7/c1-15-23-22(16-3-4-20-21(11-16)35(33-31-20)18(12-26)13-27)19(28)14-34(23)32-24(29-15)30-17-5-9-25(10-6-17)7-2-8-25/h3-4,11,14,17-18H,2,5-10,12-13H2,1H3,(H,30,32). The monoisotopic (exact) mass is 483 g/mol. The van der Waals surface area contributed by atoms with Crippen LogP contribution in [0.4, 0.5) is 19.1 Å². The highest BCUT2D eigenvalue weighted by Gasteiger charge is 2.40. The molecule has 1 aromatic carbocycles. The van der Waals surface area contributed by atoms with Gasteiger partial charge in [0.1, 0.15) is 24.9 Å². The van der Waals surface area contributed by atoms with Crippen molar-refractivity contribution in [1.29, 1.82) is 0 Å². The van der Waals surface area contributed by atoms with Gasteiger partial charge in [-0.05, 0) is 68.6 Å². The van der Waals surface area contributed by atoms with Crippen LogP contribution in [0.3, 0.4) is 0 Å². The third-order valence-corrected chi connectivity index (χ3v) is 8.01. The molecule has 2 fully saturated rings. The van der Waals surface area contributed by atoms with E-state index in [9.17, 15) is 8.78 Å². The Morgan fingerprint density at radius 3 is 2.60 bits per heavy atom. The van der Waals surface area contributed by atoms with Gasteiger partial charge in [0.15, 0.2) is 5.82 Å². The van der Waals surface area contributed by atoms with Gasteiger partial charge in [0.25, 0.3) is 0 Å². The van der Waals surface area contributed by atoms with Crippen molar-refractivity contribution in [3.05, 3.63) is 35.9 Å². The van der Waals surface area contributed by atoms with Crippen molar-refractivity contribution >= 4 is 22.5 Å². The molecule has 4 aromatic rings. The van der Waals surface area contributed by atoms with E-state index < -0.39 is 25.2 Å². The first-order valence-electron chi connectivity index (χ1n) is 12.3. The average Bonchev–Trinajstić information content (AvgIpc) is 3.40. The average molecular weight is 484 g/mol. The maximum absolute atomic E-state index is 15.2. The molecule has 2 aliphatic carbocycles. The summed E-state index contributed by atoms with van der Waals surface area (Å²) in [6.07, 6.45) is 10.1. The maximum atomic E-state index is 15.2. The summed E-state index contributed by atoms with van der Waals surface area (Å²) >= 11 is 0. The zero-order valence-electron chi connectivity index (χ0n) is 19.6. The predicted octanol–water partition coefficient (Wildman–Crippen LogP) is 5.59. The Kier molecular flexibility index (Phi) is 5.41. The number of hydrogen-bond donors (Lipinski definition) is 1. The van der Waals surface area contributed by atoms with Gasteiger partial charge in [0, 0.05) is 11.6 Å². The predicted molar refractivity (Wildman–Crippen MR) is 127 cm³/mol. The molecule has 1 spiro atoms. The van der Waals surface area contributed by atoms with Crippen molar-refractivity contribution in [3.63, 3.8) is 0 Å². The molecule has 184 valence electrons. The van der Waals surface area contributed by atoms with Crippen molar-refractivity contribution in [1.82, 2.24) is 29.6 Å². The van der Waals surface area contributed by atoms with Crippen molar-refractivity contribution in [2.24, 2.45) is 5.41 Å². The summed E-state index contributed by atoms with van der Waals surface area (Å²) in [7, 11) is 0. The van der Waals surface area contributed by atoms with E-state index >= 15 is 4.39 Å². The molecule has 0 bridgehead atoms. The van der Waals surface area contributed by atoms with Crippen LogP contribution in [0, 0.1) is 18.2 Å². The zero-order valence-corrected chi connectivity index (χ0v) is 19.6. The molecule has 2 aliphatic rings. The van der Waals surface area contributed by atoms with Crippen molar-refractivity contribution in [3.8, 4) is 11.1 Å². The highest BCUT2D eigenvalue weighted by atomic mass is 19.1. The fraction of sp³-hybridized carbons (Fsp3) is 0.520. The van der Waals surface area contributed by atoms with Gasteiger partial charge in [-0.1, -0.05) is 17.7 Å². The number of aryl methyl sites for hydroxylation is 1. The van der Waals surface area contributed by atoms with E-state index in [-0.39, 0.29) is 0 Å². The highest BCUT2D eigenvalue weighted by molar-refractivity contribution is 5.88. The SMILES string of the molecule is Cc1nc(NC2CCC3(CCC3)CC2)nn2cc(F)c(-c3ccc4nnn(C(CF)CF)c4c3)c12. The smallest absolute Gasteiger partial charge is 0.241 e. The third-order valence-electron chi connectivity index (χ3n) is 8.01. The first-order chi connectivity index (χ1) is 17.0. The lowest BCUT2D eigenvalue weighted by atomic mass is 9.60. The molecule has 0 radical (unpaired) electrons. The van der Waals surface area contributed by atoms with Gasteiger partial charge in [-0.2, -0.15) is 0 Å². The molecule has 6 rings (SSSR count). The summed E-state index contributed by atoms with van der Waals surface area (Å²) in [4.78, 5) is 4.65. The molecule has 35 heavy (non-hydrogen) atoms. The quantitative estimate of drug-likeness (QED) is 0.387. The number of anilines is 1. The Bertz CT molecular complexity index is 1380. The van der Waals surface area contributed by atoms with Crippen molar-refractivity contribution < 1.29 is 13.2 Å². The van der Waals surface area contributed by atoms with Crippen LogP contribution >= 0.6 is 0 Å². The minimum absolute atomic E-state index is 0.326. The van der Waals surface area contributed by atoms with Gasteiger partial charge in [-0.25, -0.2) is 27.4 Å². The fourth-order valence-corrected chi connectivity index (χ4v) is 5.83. The van der Waals surface area contributed by atoms with E-state index in [4.69, 9.17) is 0 Å². The van der Waals surface area contributed by atoms with E-state index in [1.165, 1.54) is 47.5 Å². The molecule has 1 N–H and O–H groups in total. The first kappa shape index (κ1) is 22.3. The van der Waals surface area contributed by atoms with Gasteiger partial charge in [0.05, 0.1) is 22.9 Å². The fourth-order valence-electron chi connectivity index (χ4n) is 5.83. The Balaban J connectivity index is 1.33. The van der Waals surface area contributed by atoms with Crippen LogP contribution < -0.4 is 5.32 Å². The lowest BCUT2D eigenvalue weighted by molar-refractivity contribution is 0.0729. The summed E-state index contributed by atoms with van der Waals surface area (Å²) in [5, 5.41) is 15.9. The normalized spacial score (nSPS) is 18.1. The second-order valence-corrected chi connectivity index (χ2v) is 10.1. The molecule has 0 saturated heterocycles. The molecule has 0 amide bonds. The molecule has 2 saturated carbocycles. The molecule has 10 heteroatoms. The molecule has 0 aliphatic heterocycles. The topological polar surface area (TPSA) is 72.9 Å². The van der Waals surface area contributed by atoms with E-state index in [1.807, 2.05) is 6.92 Å². The number of halogens is 3. The molecule has 3 aromatic heterocycles. The molecule has 3 heterocycles. The molecular formula is C25H28F3N7. The second-order valence-electron chi connectivity index (χ2n) is 10.1. The summed E-state index contributed by atoms with van der Waals surface area (Å²) in [5.41, 5.74) is 3.59. The Labute approximate surface area is 200 Å². The van der Waals surface area contributed by atoms with E-state index in [0.717, 1.165) is 12.8 Å². The van der Waals surface area contributed by atoms with Crippen LogP contribution in [0.5, 0.6) is 0 Å². The Morgan fingerprint density at radius 2 is 1.91 bits per heavy atom. The molecular weight excluding hydrogens is 455 g/mol. The van der Waals surface area contributed by atoms with Gasteiger partial charge >= 0.3 is 0 Å². The Hall–Kier alpha value is -3.17. The number of aromatic nitrogens is 6. The summed E-state index contributed by atoms with van der Waals surface area (Å²) in [5.74, 6) is 0.0487. The third kappa shape index (κ3) is 3.73. The number of rotatable bonds is 6. The van der Waals surface area contributed by atoms with Crippen LogP contribution in [0.15, 0.2) is 24.4 Å². The Morgan fingerprint density at radius 1 is 1.14 bits per heavy atom. The van der Waals surface area contributed by atoms with Gasteiger partial charge in [-0.15, -0.1) is 10.2 Å². The van der Waals surface area contributed by atoms with Crippen LogP contribution in [0.2, 0.25) is 0 Å². The minimum Gasteiger partial charge on any atom is -0.350 e. The first-order valence-corrected chi connectivity index (χ1v) is 12.3. The number of nitrogens with one attached hydrogen (secondary N) is 1. The van der Waals surface area contributed by atoms with Crippen LogP contribution in [0.1, 0.15) is 56.7 Å². The summed E-state index contributed by atoms with van der Waals surface area (Å²) in [6.45, 7) is 0.0166. The molecule has 0 unspecified atom stereocenters. The molecule has 0 atom stereocenters. The highest BCUT2D eigenvalue weighted by Crippen LogP contribution is 2.51.